The third-order valence-electron chi connectivity index (χ3n) is 3.13. The number of rotatable bonds is 5. The van der Waals surface area contributed by atoms with Gasteiger partial charge < -0.3 is 9.47 Å². The molecule has 108 valence electrons. The molecule has 0 aliphatic carbocycles. The van der Waals surface area contributed by atoms with Gasteiger partial charge in [-0.2, -0.15) is 0 Å². The van der Waals surface area contributed by atoms with Crippen LogP contribution < -0.4 is 16.0 Å². The Morgan fingerprint density at radius 1 is 1.26 bits per heavy atom. The molecular formula is C14H23FN2O2. The first-order chi connectivity index (χ1) is 8.85. The molecule has 0 aliphatic heterocycles. The molecule has 2 unspecified atom stereocenters. The lowest BCUT2D eigenvalue weighted by Crippen LogP contribution is -2.44. The number of halogens is 1. The van der Waals surface area contributed by atoms with Crippen LogP contribution in [0.15, 0.2) is 18.2 Å². The summed E-state index contributed by atoms with van der Waals surface area (Å²) in [5, 5.41) is 0. The molecule has 0 bridgehead atoms. The highest BCUT2D eigenvalue weighted by Crippen LogP contribution is 2.33. The Labute approximate surface area is 114 Å². The molecule has 0 amide bonds. The quantitative estimate of drug-likeness (QED) is 0.637. The van der Waals surface area contributed by atoms with E-state index < -0.39 is 6.04 Å². The zero-order valence-corrected chi connectivity index (χ0v) is 12.2. The van der Waals surface area contributed by atoms with Crippen molar-refractivity contribution >= 4 is 0 Å². The molecule has 0 fully saturated rings. The summed E-state index contributed by atoms with van der Waals surface area (Å²) in [6, 6.07) is 4.28. The van der Waals surface area contributed by atoms with Gasteiger partial charge in [0.25, 0.3) is 0 Å². The minimum atomic E-state index is -0.434. The molecule has 19 heavy (non-hydrogen) atoms. The van der Waals surface area contributed by atoms with Gasteiger partial charge in [-0.15, -0.1) is 0 Å². The summed E-state index contributed by atoms with van der Waals surface area (Å²) in [6.07, 6.45) is -0.264. The number of benzene rings is 1. The largest absolute Gasteiger partial charge is 0.497 e. The molecule has 0 saturated heterocycles. The van der Waals surface area contributed by atoms with Crippen molar-refractivity contribution in [1.29, 1.82) is 0 Å². The second kappa shape index (κ2) is 6.32. The number of nitrogens with one attached hydrogen (secondary N) is 1. The molecule has 1 aromatic carbocycles. The monoisotopic (exact) mass is 270 g/mol. The van der Waals surface area contributed by atoms with Crippen molar-refractivity contribution < 1.29 is 13.9 Å². The van der Waals surface area contributed by atoms with E-state index in [0.29, 0.717) is 11.3 Å². The van der Waals surface area contributed by atoms with Gasteiger partial charge in [0.05, 0.1) is 19.3 Å². The molecule has 1 rings (SSSR count). The third-order valence-corrected chi connectivity index (χ3v) is 3.13. The van der Waals surface area contributed by atoms with Gasteiger partial charge in [0, 0.05) is 18.7 Å². The van der Waals surface area contributed by atoms with E-state index in [1.165, 1.54) is 13.2 Å². The summed E-state index contributed by atoms with van der Waals surface area (Å²) in [4.78, 5) is 0. The van der Waals surface area contributed by atoms with Crippen LogP contribution >= 0.6 is 0 Å². The van der Waals surface area contributed by atoms with Crippen molar-refractivity contribution in [2.24, 2.45) is 11.3 Å². The molecule has 0 aromatic heterocycles. The molecule has 0 heterocycles. The van der Waals surface area contributed by atoms with Gasteiger partial charge in [-0.1, -0.05) is 26.8 Å². The van der Waals surface area contributed by atoms with Gasteiger partial charge in [-0.3, -0.25) is 11.3 Å². The van der Waals surface area contributed by atoms with Crippen LogP contribution in [0.5, 0.6) is 5.75 Å². The average molecular weight is 270 g/mol. The minimum Gasteiger partial charge on any atom is -0.497 e. The fraction of sp³-hybridized carbons (Fsp3) is 0.571. The first-order valence-corrected chi connectivity index (χ1v) is 6.17. The summed E-state index contributed by atoms with van der Waals surface area (Å²) in [7, 11) is 3.10. The Morgan fingerprint density at radius 3 is 2.26 bits per heavy atom. The van der Waals surface area contributed by atoms with E-state index in [4.69, 9.17) is 15.3 Å². The van der Waals surface area contributed by atoms with Crippen LogP contribution in [-0.4, -0.2) is 20.3 Å². The minimum absolute atomic E-state index is 0.182. The van der Waals surface area contributed by atoms with Crippen LogP contribution in [0.4, 0.5) is 4.39 Å². The van der Waals surface area contributed by atoms with Crippen LogP contribution in [-0.2, 0) is 4.74 Å². The number of methoxy groups -OCH3 is 2. The highest BCUT2D eigenvalue weighted by atomic mass is 19.1. The van der Waals surface area contributed by atoms with Crippen LogP contribution in [0.1, 0.15) is 32.4 Å². The normalized spacial score (nSPS) is 15.1. The highest BCUT2D eigenvalue weighted by Gasteiger charge is 2.34. The van der Waals surface area contributed by atoms with Crippen molar-refractivity contribution in [2.75, 3.05) is 14.2 Å². The average Bonchev–Trinajstić information content (AvgIpc) is 2.34. The first kappa shape index (κ1) is 15.9. The number of nitrogens with two attached hydrogens (primary N) is 1. The van der Waals surface area contributed by atoms with Crippen LogP contribution in [0, 0.1) is 11.2 Å². The Hall–Kier alpha value is -1.17. The van der Waals surface area contributed by atoms with E-state index in [2.05, 4.69) is 5.43 Å². The molecule has 2 atom stereocenters. The molecule has 4 nitrogen and oxygen atoms in total. The van der Waals surface area contributed by atoms with Gasteiger partial charge in [-0.25, -0.2) is 4.39 Å². The molecule has 0 aliphatic rings. The van der Waals surface area contributed by atoms with Crippen molar-refractivity contribution in [3.63, 3.8) is 0 Å². The Bertz CT molecular complexity index is 418. The van der Waals surface area contributed by atoms with Crippen molar-refractivity contribution in [2.45, 2.75) is 32.9 Å². The Balaban J connectivity index is 3.16. The zero-order valence-electron chi connectivity index (χ0n) is 12.2. The van der Waals surface area contributed by atoms with E-state index in [1.807, 2.05) is 20.8 Å². The van der Waals surface area contributed by atoms with Gasteiger partial charge in [-0.05, 0) is 11.5 Å². The van der Waals surface area contributed by atoms with Gasteiger partial charge in [0.1, 0.15) is 11.6 Å². The van der Waals surface area contributed by atoms with E-state index in [9.17, 15) is 4.39 Å². The second-order valence-corrected chi connectivity index (χ2v) is 5.55. The summed E-state index contributed by atoms with van der Waals surface area (Å²) in [6.45, 7) is 6.06. The lowest BCUT2D eigenvalue weighted by atomic mass is 9.82. The molecule has 0 spiro atoms. The standard InChI is InChI=1S/C14H23FN2O2/c1-14(2,3)13(19-5)12(17-16)10-7-6-9(18-4)8-11(10)15/h6-8,12-13,17H,16H2,1-5H3. The molecule has 5 heteroatoms. The predicted octanol–water partition coefficient (Wildman–Crippen LogP) is 2.40. The van der Waals surface area contributed by atoms with Gasteiger partial charge >= 0.3 is 0 Å². The van der Waals surface area contributed by atoms with Gasteiger partial charge in [0.15, 0.2) is 0 Å². The molecule has 3 N–H and O–H groups in total. The SMILES string of the molecule is COc1ccc(C(NN)C(OC)C(C)(C)C)c(F)c1. The third kappa shape index (κ3) is 3.65. The maximum absolute atomic E-state index is 14.1. The number of hydrazine groups is 1. The van der Waals surface area contributed by atoms with Crippen LogP contribution in [0.25, 0.3) is 0 Å². The molecular weight excluding hydrogens is 247 g/mol. The first-order valence-electron chi connectivity index (χ1n) is 6.17. The van der Waals surface area contributed by atoms with Crippen LogP contribution in [0.3, 0.4) is 0 Å². The summed E-state index contributed by atoms with van der Waals surface area (Å²) < 4.78 is 24.6. The molecule has 0 saturated carbocycles. The van der Waals surface area contributed by atoms with E-state index in [1.54, 1.807) is 19.2 Å². The zero-order chi connectivity index (χ0) is 14.6. The second-order valence-electron chi connectivity index (χ2n) is 5.55. The van der Waals surface area contributed by atoms with E-state index in [0.717, 1.165) is 0 Å². The molecule has 1 aromatic rings. The fourth-order valence-electron chi connectivity index (χ4n) is 2.22. The van der Waals surface area contributed by atoms with E-state index in [-0.39, 0.29) is 17.3 Å². The Morgan fingerprint density at radius 2 is 1.89 bits per heavy atom. The topological polar surface area (TPSA) is 56.5 Å². The summed E-state index contributed by atoms with van der Waals surface area (Å²) in [5.41, 5.74) is 2.93. The lowest BCUT2D eigenvalue weighted by Gasteiger charge is -2.36. The maximum Gasteiger partial charge on any atom is 0.131 e. The van der Waals surface area contributed by atoms with E-state index >= 15 is 0 Å². The smallest absolute Gasteiger partial charge is 0.131 e. The fourth-order valence-corrected chi connectivity index (χ4v) is 2.22. The van der Waals surface area contributed by atoms with Crippen molar-refractivity contribution in [3.8, 4) is 5.75 Å². The summed E-state index contributed by atoms with van der Waals surface area (Å²) >= 11 is 0. The van der Waals surface area contributed by atoms with Crippen molar-refractivity contribution in [3.05, 3.63) is 29.6 Å². The Kier molecular flexibility index (Phi) is 5.29. The predicted molar refractivity (Wildman–Crippen MR) is 73.3 cm³/mol. The van der Waals surface area contributed by atoms with Crippen LogP contribution in [0.2, 0.25) is 0 Å². The molecule has 0 radical (unpaired) electrons. The number of hydrogen-bond donors (Lipinski definition) is 2. The number of hydrogen-bond acceptors (Lipinski definition) is 4. The van der Waals surface area contributed by atoms with Crippen molar-refractivity contribution in [1.82, 2.24) is 5.43 Å². The van der Waals surface area contributed by atoms with Gasteiger partial charge in [0.2, 0.25) is 0 Å². The lowest BCUT2D eigenvalue weighted by molar-refractivity contribution is -0.0128. The highest BCUT2D eigenvalue weighted by molar-refractivity contribution is 5.31. The maximum atomic E-state index is 14.1. The summed E-state index contributed by atoms with van der Waals surface area (Å²) in [5.74, 6) is 5.70. The number of ether oxygens (including phenoxy) is 2.